The van der Waals surface area contributed by atoms with Gasteiger partial charge in [0.1, 0.15) is 18.5 Å². The van der Waals surface area contributed by atoms with Gasteiger partial charge in [-0.1, -0.05) is 26.7 Å². The van der Waals surface area contributed by atoms with Crippen LogP contribution in [0.3, 0.4) is 0 Å². The molecule has 152 valence electrons. The molecule has 0 saturated heterocycles. The van der Waals surface area contributed by atoms with Crippen LogP contribution >= 0.6 is 0 Å². The molecule has 3 rings (SSSR count). The highest BCUT2D eigenvalue weighted by Crippen LogP contribution is 2.47. The Hall–Kier alpha value is -0.290. The zero-order chi connectivity index (χ0) is 16.6. The predicted molar refractivity (Wildman–Crippen MR) is 97.9 cm³/mol. The first kappa shape index (κ1) is 22.8. The molecule has 0 amide bonds. The molecular formula is C20H39F3O2. The van der Waals surface area contributed by atoms with Gasteiger partial charge in [-0.05, 0) is 74.5 Å². The van der Waals surface area contributed by atoms with Crippen LogP contribution in [0.25, 0.3) is 0 Å². The normalized spacial score (nSPS) is 48.1. The smallest absolute Gasteiger partial charge is 0.106 e. The monoisotopic (exact) mass is 368 g/mol. The summed E-state index contributed by atoms with van der Waals surface area (Å²) in [6.45, 7) is 3.97. The van der Waals surface area contributed by atoms with Gasteiger partial charge in [0.25, 0.3) is 0 Å². The third-order valence-corrected chi connectivity index (χ3v) is 7.39. The van der Waals surface area contributed by atoms with Crippen LogP contribution in [0, 0.1) is 35.5 Å². The quantitative estimate of drug-likeness (QED) is 0.666. The van der Waals surface area contributed by atoms with Crippen LogP contribution in [0.1, 0.15) is 73.1 Å². The number of halogens is 3. The topological polar surface area (TPSA) is 63.0 Å². The van der Waals surface area contributed by atoms with E-state index in [1.165, 1.54) is 25.7 Å². The van der Waals surface area contributed by atoms with Crippen molar-refractivity contribution in [3.63, 3.8) is 0 Å². The molecule has 0 radical (unpaired) electrons. The summed E-state index contributed by atoms with van der Waals surface area (Å²) in [4.78, 5) is 0. The fraction of sp³-hybridized carbons (Fsp3) is 1.00. The zero-order valence-electron chi connectivity index (χ0n) is 15.7. The standard InChI is InChI=1S/C20H33F3.2H2O.H2/c1-12-3-5-14(6-4-12)15-7-8-17(20(23)9-15)16-10-18(21)13(2)19(22)11-16;;;/h12-20H,3-11H2,1-2H3;2*1H2;1H. The summed E-state index contributed by atoms with van der Waals surface area (Å²) in [7, 11) is 0. The van der Waals surface area contributed by atoms with Crippen LogP contribution in [0.5, 0.6) is 0 Å². The molecule has 0 aromatic heterocycles. The summed E-state index contributed by atoms with van der Waals surface area (Å²) >= 11 is 0. The molecule has 3 fully saturated rings. The van der Waals surface area contributed by atoms with Crippen molar-refractivity contribution >= 4 is 0 Å². The average Bonchev–Trinajstić information content (AvgIpc) is 2.53. The van der Waals surface area contributed by atoms with Gasteiger partial charge in [0.05, 0.1) is 0 Å². The molecular weight excluding hydrogens is 329 g/mol. The second-order valence-corrected chi connectivity index (χ2v) is 8.90. The van der Waals surface area contributed by atoms with Crippen molar-refractivity contribution in [3.05, 3.63) is 0 Å². The highest BCUT2D eigenvalue weighted by molar-refractivity contribution is 4.93. The van der Waals surface area contributed by atoms with Gasteiger partial charge in [0.2, 0.25) is 0 Å². The molecule has 0 aromatic carbocycles. The van der Waals surface area contributed by atoms with Gasteiger partial charge in [-0.3, -0.25) is 0 Å². The van der Waals surface area contributed by atoms with Crippen LogP contribution in [0.4, 0.5) is 13.2 Å². The van der Waals surface area contributed by atoms with E-state index < -0.39 is 24.4 Å². The molecule has 2 nitrogen and oxygen atoms in total. The Balaban J connectivity index is 0.00000208. The van der Waals surface area contributed by atoms with Crippen molar-refractivity contribution in [2.45, 2.75) is 90.1 Å². The van der Waals surface area contributed by atoms with Crippen molar-refractivity contribution in [2.75, 3.05) is 0 Å². The van der Waals surface area contributed by atoms with Crippen molar-refractivity contribution in [1.29, 1.82) is 0 Å². The number of alkyl halides is 3. The van der Waals surface area contributed by atoms with Gasteiger partial charge in [-0.2, -0.15) is 0 Å². The molecule has 5 unspecified atom stereocenters. The van der Waals surface area contributed by atoms with E-state index >= 15 is 0 Å². The molecule has 3 saturated carbocycles. The number of rotatable bonds is 2. The minimum absolute atomic E-state index is 0. The van der Waals surface area contributed by atoms with E-state index in [1.807, 2.05) is 0 Å². The van der Waals surface area contributed by atoms with Crippen LogP contribution < -0.4 is 0 Å². The second kappa shape index (κ2) is 9.59. The largest absolute Gasteiger partial charge is 0.412 e. The summed E-state index contributed by atoms with van der Waals surface area (Å²) in [5.41, 5.74) is 0. The van der Waals surface area contributed by atoms with Gasteiger partial charge in [-0.15, -0.1) is 0 Å². The van der Waals surface area contributed by atoms with Crippen LogP contribution in [-0.2, 0) is 0 Å². The van der Waals surface area contributed by atoms with Crippen LogP contribution in [0.2, 0.25) is 0 Å². The SMILES string of the molecule is CC1CCC(C2CCC(C3CC(F)C(C)C(F)C3)C(F)C2)CC1.O.O.[HH]. The summed E-state index contributed by atoms with van der Waals surface area (Å²) in [6, 6.07) is 0. The van der Waals surface area contributed by atoms with Crippen molar-refractivity contribution in [1.82, 2.24) is 0 Å². The minimum atomic E-state index is -1.09. The lowest BCUT2D eigenvalue weighted by Crippen LogP contribution is -2.41. The molecule has 3 aliphatic rings. The van der Waals surface area contributed by atoms with E-state index in [0.29, 0.717) is 31.1 Å². The van der Waals surface area contributed by atoms with Crippen molar-refractivity contribution in [3.8, 4) is 0 Å². The zero-order valence-corrected chi connectivity index (χ0v) is 15.7. The van der Waals surface area contributed by atoms with E-state index in [-0.39, 0.29) is 24.2 Å². The lowest BCUT2D eigenvalue weighted by Gasteiger charge is -2.43. The van der Waals surface area contributed by atoms with E-state index in [2.05, 4.69) is 6.92 Å². The van der Waals surface area contributed by atoms with Gasteiger partial charge in [-0.25, -0.2) is 13.2 Å². The molecule has 0 aliphatic heterocycles. The fourth-order valence-corrected chi connectivity index (χ4v) is 5.57. The summed E-state index contributed by atoms with van der Waals surface area (Å²) in [6.07, 6.45) is 5.37. The maximum absolute atomic E-state index is 14.8. The Morgan fingerprint density at radius 2 is 1.08 bits per heavy atom. The number of hydrogen-bond donors (Lipinski definition) is 0. The first-order chi connectivity index (χ1) is 11.0. The highest BCUT2D eigenvalue weighted by atomic mass is 19.1. The highest BCUT2D eigenvalue weighted by Gasteiger charge is 2.44. The lowest BCUT2D eigenvalue weighted by atomic mass is 9.64. The van der Waals surface area contributed by atoms with Gasteiger partial charge in [0.15, 0.2) is 0 Å². The average molecular weight is 369 g/mol. The summed E-state index contributed by atoms with van der Waals surface area (Å²) < 4.78 is 42.8. The first-order valence-electron chi connectivity index (χ1n) is 9.88. The van der Waals surface area contributed by atoms with E-state index in [0.717, 1.165) is 18.8 Å². The van der Waals surface area contributed by atoms with E-state index in [4.69, 9.17) is 0 Å². The molecule has 0 spiro atoms. The Kier molecular flexibility index (Phi) is 8.73. The molecule has 0 bridgehead atoms. The molecule has 0 aromatic rings. The first-order valence-corrected chi connectivity index (χ1v) is 9.88. The third kappa shape index (κ3) is 5.12. The van der Waals surface area contributed by atoms with Gasteiger partial charge < -0.3 is 11.0 Å². The summed E-state index contributed by atoms with van der Waals surface area (Å²) in [5, 5.41) is 0. The van der Waals surface area contributed by atoms with Crippen LogP contribution in [0.15, 0.2) is 0 Å². The Morgan fingerprint density at radius 3 is 1.60 bits per heavy atom. The van der Waals surface area contributed by atoms with Gasteiger partial charge in [0, 0.05) is 7.34 Å². The maximum Gasteiger partial charge on any atom is 0.106 e. The number of hydrogen-bond acceptors (Lipinski definition) is 0. The maximum atomic E-state index is 14.8. The molecule has 4 N–H and O–H groups in total. The Morgan fingerprint density at radius 1 is 0.600 bits per heavy atom. The minimum Gasteiger partial charge on any atom is -0.412 e. The predicted octanol–water partition coefficient (Wildman–Crippen LogP) is 4.89. The second-order valence-electron chi connectivity index (χ2n) is 8.90. The van der Waals surface area contributed by atoms with E-state index in [9.17, 15) is 13.2 Å². The molecule has 25 heavy (non-hydrogen) atoms. The lowest BCUT2D eigenvalue weighted by molar-refractivity contribution is -0.0125. The fourth-order valence-electron chi connectivity index (χ4n) is 5.57. The van der Waals surface area contributed by atoms with Crippen LogP contribution in [-0.4, -0.2) is 29.5 Å². The summed E-state index contributed by atoms with van der Waals surface area (Å²) in [5.74, 6) is 1.34. The Labute approximate surface area is 152 Å². The Bertz CT molecular complexity index is 381. The van der Waals surface area contributed by atoms with Gasteiger partial charge >= 0.3 is 0 Å². The molecule has 5 atom stereocenters. The van der Waals surface area contributed by atoms with E-state index in [1.54, 1.807) is 6.92 Å². The molecule has 0 heterocycles. The molecule has 3 aliphatic carbocycles. The third-order valence-electron chi connectivity index (χ3n) is 7.39. The van der Waals surface area contributed by atoms with Crippen molar-refractivity contribution < 1.29 is 25.6 Å². The molecule has 5 heteroatoms. The van der Waals surface area contributed by atoms with Crippen molar-refractivity contribution in [2.24, 2.45) is 35.5 Å².